The third kappa shape index (κ3) is 5.72. The number of hydrogen-bond donors (Lipinski definition) is 1. The largest absolute Gasteiger partial charge is 0.339 e. The predicted octanol–water partition coefficient (Wildman–Crippen LogP) is 3.95. The van der Waals surface area contributed by atoms with Crippen LogP contribution in [0.5, 0.6) is 0 Å². The second kappa shape index (κ2) is 8.31. The second-order valence-corrected chi connectivity index (χ2v) is 5.65. The van der Waals surface area contributed by atoms with Crippen LogP contribution in [0.3, 0.4) is 0 Å². The molecule has 0 bridgehead atoms. The fraction of sp³-hybridized carbons (Fsp3) is 0.867. The lowest BCUT2D eigenvalue weighted by atomic mass is 10.0. The van der Waals surface area contributed by atoms with E-state index in [2.05, 4.69) is 17.1 Å². The van der Waals surface area contributed by atoms with Crippen LogP contribution in [0.15, 0.2) is 4.52 Å². The average molecular weight is 267 g/mol. The molecule has 4 heteroatoms. The molecule has 1 atom stereocenters. The molecule has 110 valence electrons. The summed E-state index contributed by atoms with van der Waals surface area (Å²) in [6.45, 7) is 6.22. The van der Waals surface area contributed by atoms with Crippen molar-refractivity contribution < 1.29 is 4.52 Å². The Hall–Kier alpha value is -0.900. The lowest BCUT2D eigenvalue weighted by Crippen LogP contribution is -2.33. The maximum atomic E-state index is 6.09. The first kappa shape index (κ1) is 16.2. The Morgan fingerprint density at radius 1 is 1.05 bits per heavy atom. The monoisotopic (exact) mass is 267 g/mol. The van der Waals surface area contributed by atoms with Crippen LogP contribution in [0.1, 0.15) is 83.9 Å². The van der Waals surface area contributed by atoms with Gasteiger partial charge >= 0.3 is 0 Å². The molecule has 0 radical (unpaired) electrons. The summed E-state index contributed by atoms with van der Waals surface area (Å²) in [5.74, 6) is 1.36. The van der Waals surface area contributed by atoms with Crippen LogP contribution in [0.25, 0.3) is 0 Å². The van der Waals surface area contributed by atoms with Gasteiger partial charge in [-0.3, -0.25) is 0 Å². The van der Waals surface area contributed by atoms with E-state index in [4.69, 9.17) is 10.3 Å². The number of hydrogen-bond acceptors (Lipinski definition) is 4. The number of rotatable bonds is 10. The zero-order valence-electron chi connectivity index (χ0n) is 12.7. The van der Waals surface area contributed by atoms with Gasteiger partial charge in [-0.05, 0) is 19.8 Å². The Kier molecular flexibility index (Phi) is 7.06. The zero-order valence-corrected chi connectivity index (χ0v) is 12.7. The van der Waals surface area contributed by atoms with Gasteiger partial charge in [0, 0.05) is 6.42 Å². The maximum absolute atomic E-state index is 6.09. The van der Waals surface area contributed by atoms with E-state index in [9.17, 15) is 0 Å². The molecule has 0 spiro atoms. The molecule has 4 nitrogen and oxygen atoms in total. The van der Waals surface area contributed by atoms with Crippen LogP contribution in [0, 0.1) is 0 Å². The second-order valence-electron chi connectivity index (χ2n) is 5.65. The van der Waals surface area contributed by atoms with Gasteiger partial charge in [0.05, 0.1) is 5.54 Å². The molecule has 0 amide bonds. The molecule has 0 aromatic carbocycles. The number of unbranched alkanes of at least 4 members (excludes halogenated alkanes) is 6. The molecule has 0 fully saturated rings. The van der Waals surface area contributed by atoms with Gasteiger partial charge < -0.3 is 10.3 Å². The lowest BCUT2D eigenvalue weighted by Gasteiger charge is -2.16. The molecule has 0 aliphatic heterocycles. The first-order valence-corrected chi connectivity index (χ1v) is 7.72. The molecule has 2 N–H and O–H groups in total. The minimum Gasteiger partial charge on any atom is -0.339 e. The fourth-order valence-electron chi connectivity index (χ4n) is 1.98. The number of nitrogens with two attached hydrogens (primary N) is 1. The van der Waals surface area contributed by atoms with Gasteiger partial charge in [0.15, 0.2) is 5.82 Å². The molecule has 19 heavy (non-hydrogen) atoms. The van der Waals surface area contributed by atoms with Gasteiger partial charge in [-0.25, -0.2) is 0 Å². The zero-order chi connectivity index (χ0) is 14.1. The fourth-order valence-corrected chi connectivity index (χ4v) is 1.98. The van der Waals surface area contributed by atoms with Gasteiger partial charge in [-0.1, -0.05) is 57.5 Å². The van der Waals surface area contributed by atoms with E-state index in [1.165, 1.54) is 38.5 Å². The van der Waals surface area contributed by atoms with Crippen LogP contribution >= 0.6 is 0 Å². The van der Waals surface area contributed by atoms with Crippen molar-refractivity contribution >= 4 is 0 Å². The molecule has 0 saturated carbocycles. The number of aromatic nitrogens is 2. The van der Waals surface area contributed by atoms with E-state index in [-0.39, 0.29) is 0 Å². The summed E-state index contributed by atoms with van der Waals surface area (Å²) in [5, 5.41) is 3.99. The van der Waals surface area contributed by atoms with Gasteiger partial charge in [0.2, 0.25) is 5.89 Å². The van der Waals surface area contributed by atoms with E-state index >= 15 is 0 Å². The third-order valence-electron chi connectivity index (χ3n) is 3.71. The summed E-state index contributed by atoms with van der Waals surface area (Å²) in [7, 11) is 0. The van der Waals surface area contributed by atoms with E-state index in [1.54, 1.807) is 0 Å². The summed E-state index contributed by atoms with van der Waals surface area (Å²) in [5.41, 5.74) is 5.62. The Morgan fingerprint density at radius 2 is 1.68 bits per heavy atom. The van der Waals surface area contributed by atoms with Gasteiger partial charge in [0.1, 0.15) is 0 Å². The molecule has 0 aliphatic rings. The summed E-state index contributed by atoms with van der Waals surface area (Å²) in [6.07, 6.45) is 10.7. The van der Waals surface area contributed by atoms with E-state index in [1.807, 2.05) is 13.8 Å². The van der Waals surface area contributed by atoms with Gasteiger partial charge in [-0.2, -0.15) is 4.98 Å². The lowest BCUT2D eigenvalue weighted by molar-refractivity contribution is 0.349. The normalized spacial score (nSPS) is 14.5. The van der Waals surface area contributed by atoms with Crippen molar-refractivity contribution in [3.8, 4) is 0 Å². The minimum atomic E-state index is -0.470. The maximum Gasteiger partial charge on any atom is 0.226 e. The molecular formula is C15H29N3O. The smallest absolute Gasteiger partial charge is 0.226 e. The highest BCUT2D eigenvalue weighted by molar-refractivity contribution is 5.00. The van der Waals surface area contributed by atoms with Crippen LogP contribution < -0.4 is 5.73 Å². The molecule has 1 rings (SSSR count). The number of aryl methyl sites for hydroxylation is 1. The molecule has 1 heterocycles. The summed E-state index contributed by atoms with van der Waals surface area (Å²) in [6, 6.07) is 0. The highest BCUT2D eigenvalue weighted by atomic mass is 16.5. The van der Waals surface area contributed by atoms with E-state index in [0.29, 0.717) is 5.82 Å². The Bertz CT molecular complexity index is 347. The van der Waals surface area contributed by atoms with Crippen molar-refractivity contribution in [2.45, 2.75) is 84.1 Å². The van der Waals surface area contributed by atoms with Crippen molar-refractivity contribution in [2.24, 2.45) is 5.73 Å². The molecule has 1 aromatic heterocycles. The SMILES string of the molecule is CCCCCCCCCc1nc(C(C)(N)CC)no1. The summed E-state index contributed by atoms with van der Waals surface area (Å²) >= 11 is 0. The van der Waals surface area contributed by atoms with Gasteiger partial charge in [-0.15, -0.1) is 0 Å². The van der Waals surface area contributed by atoms with Gasteiger partial charge in [0.25, 0.3) is 0 Å². The Balaban J connectivity index is 2.20. The summed E-state index contributed by atoms with van der Waals surface area (Å²) in [4.78, 5) is 4.40. The highest BCUT2D eigenvalue weighted by Crippen LogP contribution is 2.18. The van der Waals surface area contributed by atoms with Crippen LogP contribution in [-0.2, 0) is 12.0 Å². The first-order valence-electron chi connectivity index (χ1n) is 7.72. The quantitative estimate of drug-likeness (QED) is 0.652. The number of nitrogens with zero attached hydrogens (tertiary/aromatic N) is 2. The Labute approximate surface area is 117 Å². The topological polar surface area (TPSA) is 64.9 Å². The predicted molar refractivity (Wildman–Crippen MR) is 77.8 cm³/mol. The molecule has 1 unspecified atom stereocenters. The Morgan fingerprint density at radius 3 is 2.32 bits per heavy atom. The van der Waals surface area contributed by atoms with E-state index in [0.717, 1.165) is 25.2 Å². The standard InChI is InChI=1S/C15H29N3O/c1-4-6-7-8-9-10-11-12-13-17-14(18-19-13)15(3,16)5-2/h4-12,16H2,1-3H3. The molecule has 0 saturated heterocycles. The molecular weight excluding hydrogens is 238 g/mol. The minimum absolute atomic E-state index is 0.470. The van der Waals surface area contributed by atoms with Crippen LogP contribution in [0.2, 0.25) is 0 Å². The van der Waals surface area contributed by atoms with Crippen molar-refractivity contribution in [1.82, 2.24) is 10.1 Å². The molecule has 0 aliphatic carbocycles. The third-order valence-corrected chi connectivity index (χ3v) is 3.71. The average Bonchev–Trinajstić information content (AvgIpc) is 2.87. The van der Waals surface area contributed by atoms with Crippen molar-refractivity contribution in [3.05, 3.63) is 11.7 Å². The van der Waals surface area contributed by atoms with E-state index < -0.39 is 5.54 Å². The molecule has 1 aromatic rings. The van der Waals surface area contributed by atoms with Crippen LogP contribution in [-0.4, -0.2) is 10.1 Å². The van der Waals surface area contributed by atoms with Crippen molar-refractivity contribution in [3.63, 3.8) is 0 Å². The first-order chi connectivity index (χ1) is 9.10. The van der Waals surface area contributed by atoms with Crippen molar-refractivity contribution in [1.29, 1.82) is 0 Å². The van der Waals surface area contributed by atoms with Crippen LogP contribution in [0.4, 0.5) is 0 Å². The summed E-state index contributed by atoms with van der Waals surface area (Å²) < 4.78 is 5.26. The highest BCUT2D eigenvalue weighted by Gasteiger charge is 2.24. The van der Waals surface area contributed by atoms with Crippen molar-refractivity contribution in [2.75, 3.05) is 0 Å².